The van der Waals surface area contributed by atoms with Gasteiger partial charge in [-0.25, -0.2) is 0 Å². The van der Waals surface area contributed by atoms with E-state index in [1.165, 1.54) is 18.4 Å². The van der Waals surface area contributed by atoms with Crippen LogP contribution in [0.5, 0.6) is 5.75 Å². The molecule has 0 saturated heterocycles. The largest absolute Gasteiger partial charge is 0.508 e. The zero-order valence-corrected chi connectivity index (χ0v) is 9.92. The first-order valence-corrected chi connectivity index (χ1v) is 5.96. The van der Waals surface area contributed by atoms with E-state index in [2.05, 4.69) is 28.9 Å². The SMILES string of the molecule is CC(Br)C1(Cc2cccc(O)c2)CC1. The molecule has 1 unspecified atom stereocenters. The second-order valence-electron chi connectivity index (χ2n) is 4.33. The monoisotopic (exact) mass is 254 g/mol. The molecule has 1 nitrogen and oxygen atoms in total. The van der Waals surface area contributed by atoms with E-state index in [4.69, 9.17) is 0 Å². The average molecular weight is 255 g/mol. The van der Waals surface area contributed by atoms with Gasteiger partial charge in [-0.05, 0) is 42.4 Å². The predicted octanol–water partition coefficient (Wildman–Crippen LogP) is 3.50. The summed E-state index contributed by atoms with van der Waals surface area (Å²) in [6, 6.07) is 7.60. The molecule has 14 heavy (non-hydrogen) atoms. The lowest BCUT2D eigenvalue weighted by Crippen LogP contribution is -2.15. The first-order valence-electron chi connectivity index (χ1n) is 5.04. The molecule has 0 aromatic heterocycles. The van der Waals surface area contributed by atoms with Gasteiger partial charge in [0, 0.05) is 4.83 Å². The van der Waals surface area contributed by atoms with Crippen molar-refractivity contribution >= 4 is 15.9 Å². The van der Waals surface area contributed by atoms with Crippen LogP contribution in [0.2, 0.25) is 0 Å². The van der Waals surface area contributed by atoms with Crippen molar-refractivity contribution in [3.63, 3.8) is 0 Å². The maximum Gasteiger partial charge on any atom is 0.115 e. The highest BCUT2D eigenvalue weighted by atomic mass is 79.9. The Balaban J connectivity index is 2.11. The van der Waals surface area contributed by atoms with Gasteiger partial charge in [0.15, 0.2) is 0 Å². The van der Waals surface area contributed by atoms with Crippen molar-refractivity contribution in [2.75, 3.05) is 0 Å². The van der Waals surface area contributed by atoms with E-state index in [0.29, 0.717) is 16.0 Å². The third kappa shape index (κ3) is 1.95. The van der Waals surface area contributed by atoms with Gasteiger partial charge in [0.2, 0.25) is 0 Å². The van der Waals surface area contributed by atoms with Crippen LogP contribution in [0.3, 0.4) is 0 Å². The van der Waals surface area contributed by atoms with E-state index in [-0.39, 0.29) is 0 Å². The summed E-state index contributed by atoms with van der Waals surface area (Å²) in [6.45, 7) is 2.22. The van der Waals surface area contributed by atoms with Crippen LogP contribution < -0.4 is 0 Å². The molecule has 1 N–H and O–H groups in total. The fourth-order valence-electron chi connectivity index (χ4n) is 1.95. The Morgan fingerprint density at radius 2 is 2.21 bits per heavy atom. The molecule has 1 atom stereocenters. The highest BCUT2D eigenvalue weighted by Crippen LogP contribution is 2.53. The maximum atomic E-state index is 9.36. The van der Waals surface area contributed by atoms with Crippen LogP contribution in [-0.4, -0.2) is 9.93 Å². The van der Waals surface area contributed by atoms with Gasteiger partial charge in [-0.3, -0.25) is 0 Å². The first-order chi connectivity index (χ1) is 6.62. The molecule has 1 aromatic rings. The van der Waals surface area contributed by atoms with Crippen molar-refractivity contribution in [3.8, 4) is 5.75 Å². The van der Waals surface area contributed by atoms with Gasteiger partial charge in [0.05, 0.1) is 0 Å². The van der Waals surface area contributed by atoms with Crippen molar-refractivity contribution < 1.29 is 5.11 Å². The van der Waals surface area contributed by atoms with Crippen LogP contribution >= 0.6 is 15.9 Å². The number of phenolic OH excluding ortho intramolecular Hbond substituents is 1. The van der Waals surface area contributed by atoms with Crippen molar-refractivity contribution in [1.29, 1.82) is 0 Å². The van der Waals surface area contributed by atoms with E-state index in [1.54, 1.807) is 6.07 Å². The van der Waals surface area contributed by atoms with Crippen LogP contribution in [0.4, 0.5) is 0 Å². The number of hydrogen-bond acceptors (Lipinski definition) is 1. The molecule has 0 spiro atoms. The number of hydrogen-bond donors (Lipinski definition) is 1. The molecular formula is C12H15BrO. The number of benzene rings is 1. The molecule has 1 saturated carbocycles. The minimum Gasteiger partial charge on any atom is -0.508 e. The summed E-state index contributed by atoms with van der Waals surface area (Å²) in [5, 5.41) is 9.36. The second-order valence-corrected chi connectivity index (χ2v) is 5.70. The molecule has 1 aromatic carbocycles. The van der Waals surface area contributed by atoms with E-state index in [0.717, 1.165) is 6.42 Å². The molecule has 0 amide bonds. The number of halogens is 1. The molecule has 1 aliphatic carbocycles. The van der Waals surface area contributed by atoms with Gasteiger partial charge in [-0.15, -0.1) is 0 Å². The van der Waals surface area contributed by atoms with Crippen LogP contribution in [0.1, 0.15) is 25.3 Å². The number of phenols is 1. The molecule has 0 aliphatic heterocycles. The number of aromatic hydroxyl groups is 1. The molecule has 0 heterocycles. The third-order valence-electron chi connectivity index (χ3n) is 3.20. The quantitative estimate of drug-likeness (QED) is 0.819. The summed E-state index contributed by atoms with van der Waals surface area (Å²) in [5.41, 5.74) is 1.70. The van der Waals surface area contributed by atoms with Crippen LogP contribution in [0, 0.1) is 5.41 Å². The smallest absolute Gasteiger partial charge is 0.115 e. The lowest BCUT2D eigenvalue weighted by molar-refractivity contribution is 0.470. The summed E-state index contributed by atoms with van der Waals surface area (Å²) in [5.74, 6) is 0.375. The van der Waals surface area contributed by atoms with Gasteiger partial charge < -0.3 is 5.11 Å². The van der Waals surface area contributed by atoms with E-state index >= 15 is 0 Å². The van der Waals surface area contributed by atoms with Gasteiger partial charge in [0.1, 0.15) is 5.75 Å². The van der Waals surface area contributed by atoms with Gasteiger partial charge in [0.25, 0.3) is 0 Å². The zero-order valence-electron chi connectivity index (χ0n) is 8.33. The second kappa shape index (κ2) is 3.58. The Morgan fingerprint density at radius 1 is 1.50 bits per heavy atom. The number of alkyl halides is 1. The van der Waals surface area contributed by atoms with E-state index in [9.17, 15) is 5.11 Å². The predicted molar refractivity (Wildman–Crippen MR) is 61.9 cm³/mol. The molecule has 1 aliphatic rings. The Hall–Kier alpha value is -0.500. The topological polar surface area (TPSA) is 20.2 Å². The minimum atomic E-state index is 0.375. The molecule has 0 bridgehead atoms. The standard InChI is InChI=1S/C12H15BrO/c1-9(13)12(5-6-12)8-10-3-2-4-11(14)7-10/h2-4,7,9,14H,5-6,8H2,1H3. The fourth-order valence-corrected chi connectivity index (χ4v) is 2.57. The summed E-state index contributed by atoms with van der Waals surface area (Å²) in [6.07, 6.45) is 3.68. The molecule has 0 radical (unpaired) electrons. The van der Waals surface area contributed by atoms with Crippen molar-refractivity contribution in [2.45, 2.75) is 31.0 Å². The van der Waals surface area contributed by atoms with Gasteiger partial charge >= 0.3 is 0 Å². The lowest BCUT2D eigenvalue weighted by Gasteiger charge is -2.18. The highest BCUT2D eigenvalue weighted by molar-refractivity contribution is 9.09. The zero-order chi connectivity index (χ0) is 10.2. The molecule has 2 rings (SSSR count). The van der Waals surface area contributed by atoms with Crippen LogP contribution in [0.25, 0.3) is 0 Å². The maximum absolute atomic E-state index is 9.36. The summed E-state index contributed by atoms with van der Waals surface area (Å²) >= 11 is 3.67. The normalized spacial score (nSPS) is 20.4. The molecular weight excluding hydrogens is 240 g/mol. The van der Waals surface area contributed by atoms with Crippen LogP contribution in [-0.2, 0) is 6.42 Å². The Morgan fingerprint density at radius 3 is 2.71 bits per heavy atom. The first kappa shape index (κ1) is 10.0. The van der Waals surface area contributed by atoms with Crippen molar-refractivity contribution in [1.82, 2.24) is 0 Å². The summed E-state index contributed by atoms with van der Waals surface area (Å²) in [7, 11) is 0. The summed E-state index contributed by atoms with van der Waals surface area (Å²) < 4.78 is 0. The average Bonchev–Trinajstić information content (AvgIpc) is 2.85. The number of rotatable bonds is 3. The van der Waals surface area contributed by atoms with Crippen LogP contribution in [0.15, 0.2) is 24.3 Å². The Labute approximate surface area is 93.3 Å². The van der Waals surface area contributed by atoms with Crippen molar-refractivity contribution in [3.05, 3.63) is 29.8 Å². The third-order valence-corrected chi connectivity index (χ3v) is 4.17. The van der Waals surface area contributed by atoms with E-state index < -0.39 is 0 Å². The fraction of sp³-hybridized carbons (Fsp3) is 0.500. The van der Waals surface area contributed by atoms with Crippen molar-refractivity contribution in [2.24, 2.45) is 5.41 Å². The Bertz CT molecular complexity index is 329. The van der Waals surface area contributed by atoms with E-state index in [1.807, 2.05) is 12.1 Å². The lowest BCUT2D eigenvalue weighted by atomic mass is 9.94. The Kier molecular flexibility index (Phi) is 2.56. The van der Waals surface area contributed by atoms with Gasteiger partial charge in [-0.2, -0.15) is 0 Å². The minimum absolute atomic E-state index is 0.375. The summed E-state index contributed by atoms with van der Waals surface area (Å²) in [4.78, 5) is 0.567. The van der Waals surface area contributed by atoms with Gasteiger partial charge in [-0.1, -0.05) is 35.0 Å². The highest BCUT2D eigenvalue weighted by Gasteiger charge is 2.45. The molecule has 1 fully saturated rings. The molecule has 76 valence electrons. The molecule has 2 heteroatoms.